The number of rotatable bonds is 3. The molecule has 0 bridgehead atoms. The summed E-state index contributed by atoms with van der Waals surface area (Å²) in [6.07, 6.45) is 2.99. The van der Waals surface area contributed by atoms with Gasteiger partial charge < -0.3 is 0 Å². The molecule has 0 N–H and O–H groups in total. The monoisotopic (exact) mass is 338 g/mol. The Bertz CT molecular complexity index is 673. The maximum Gasteiger partial charge on any atom is 0.287 e. The van der Waals surface area contributed by atoms with E-state index in [1.807, 2.05) is 0 Å². The van der Waals surface area contributed by atoms with E-state index in [1.165, 1.54) is 17.1 Å². The summed E-state index contributed by atoms with van der Waals surface area (Å²) in [7, 11) is 0. The zero-order chi connectivity index (χ0) is 14.0. The van der Waals surface area contributed by atoms with Gasteiger partial charge >= 0.3 is 0 Å². The zero-order valence-corrected chi connectivity index (χ0v) is 12.3. The van der Waals surface area contributed by atoms with Crippen molar-refractivity contribution < 1.29 is 0 Å². The minimum atomic E-state index is -0.472. The van der Waals surface area contributed by atoms with Gasteiger partial charge in [-0.25, -0.2) is 4.68 Å². The predicted molar refractivity (Wildman–Crippen MR) is 74.3 cm³/mol. The van der Waals surface area contributed by atoms with Crippen molar-refractivity contribution in [2.45, 2.75) is 13.0 Å². The predicted octanol–water partition coefficient (Wildman–Crippen LogP) is 2.89. The Morgan fingerprint density at radius 2 is 1.74 bits per heavy atom. The van der Waals surface area contributed by atoms with E-state index >= 15 is 0 Å². The van der Waals surface area contributed by atoms with Crippen molar-refractivity contribution in [3.8, 4) is 0 Å². The van der Waals surface area contributed by atoms with Crippen molar-refractivity contribution in [3.05, 3.63) is 48.5 Å². The van der Waals surface area contributed by atoms with Crippen LogP contribution in [0.5, 0.6) is 0 Å². The molecule has 0 aliphatic heterocycles. The molecule has 0 amide bonds. The Morgan fingerprint density at radius 3 is 2.47 bits per heavy atom. The summed E-state index contributed by atoms with van der Waals surface area (Å²) in [6.45, 7) is 0.241. The van der Waals surface area contributed by atoms with Gasteiger partial charge in [-0.15, -0.1) is 0 Å². The van der Waals surface area contributed by atoms with Crippen LogP contribution in [0.4, 0.5) is 0 Å². The van der Waals surface area contributed by atoms with Gasteiger partial charge in [-0.3, -0.25) is 4.79 Å². The normalized spacial score (nSPS) is 10.7. The van der Waals surface area contributed by atoms with Gasteiger partial charge in [0, 0.05) is 6.42 Å². The number of aryl methyl sites for hydroxylation is 2. The molecule has 0 radical (unpaired) electrons. The average Bonchev–Trinajstić information content (AvgIpc) is 2.40. The van der Waals surface area contributed by atoms with Crippen LogP contribution in [0.2, 0.25) is 20.1 Å². The third kappa shape index (κ3) is 3.17. The van der Waals surface area contributed by atoms with Crippen LogP contribution in [0.1, 0.15) is 5.69 Å². The van der Waals surface area contributed by atoms with Crippen LogP contribution in [-0.2, 0) is 13.0 Å². The standard InChI is InChI=1S/C10H6Cl4N4O/c11-5-3-15-17-7(8(5)13)1-2-18-10(19)9(14)6(12)4-16-18/h3-4H,1-2H2. The highest BCUT2D eigenvalue weighted by Crippen LogP contribution is 2.23. The molecule has 2 aromatic heterocycles. The number of hydrogen-bond donors (Lipinski definition) is 0. The molecule has 2 aromatic rings. The number of hydrogen-bond acceptors (Lipinski definition) is 4. The highest BCUT2D eigenvalue weighted by Gasteiger charge is 2.10. The molecule has 2 heterocycles. The van der Waals surface area contributed by atoms with Crippen LogP contribution in [-0.4, -0.2) is 20.0 Å². The third-order valence-corrected chi connectivity index (χ3v) is 3.87. The van der Waals surface area contributed by atoms with Gasteiger partial charge in [-0.1, -0.05) is 46.4 Å². The van der Waals surface area contributed by atoms with Crippen molar-refractivity contribution in [1.29, 1.82) is 0 Å². The van der Waals surface area contributed by atoms with Crippen LogP contribution in [0, 0.1) is 0 Å². The van der Waals surface area contributed by atoms with E-state index in [0.29, 0.717) is 22.2 Å². The first-order chi connectivity index (χ1) is 9.00. The molecule has 9 heteroatoms. The summed E-state index contributed by atoms with van der Waals surface area (Å²) in [6, 6.07) is 0. The molecule has 0 aliphatic rings. The van der Waals surface area contributed by atoms with Crippen LogP contribution in [0.3, 0.4) is 0 Å². The molecular weight excluding hydrogens is 334 g/mol. The lowest BCUT2D eigenvalue weighted by atomic mass is 10.3. The summed E-state index contributed by atoms with van der Waals surface area (Å²) < 4.78 is 1.17. The maximum absolute atomic E-state index is 11.8. The van der Waals surface area contributed by atoms with Gasteiger partial charge in [-0.2, -0.15) is 15.3 Å². The molecule has 0 atom stereocenters. The number of nitrogens with zero attached hydrogens (tertiary/aromatic N) is 4. The second-order valence-corrected chi connectivity index (χ2v) is 5.11. The smallest absolute Gasteiger partial charge is 0.266 e. The van der Waals surface area contributed by atoms with Crippen LogP contribution in [0.25, 0.3) is 0 Å². The molecule has 0 spiro atoms. The van der Waals surface area contributed by atoms with E-state index in [4.69, 9.17) is 46.4 Å². The van der Waals surface area contributed by atoms with Crippen molar-refractivity contribution in [1.82, 2.24) is 20.0 Å². The van der Waals surface area contributed by atoms with Crippen molar-refractivity contribution in [2.24, 2.45) is 0 Å². The summed E-state index contributed by atoms with van der Waals surface area (Å²) in [5, 5.41) is 12.1. The maximum atomic E-state index is 11.8. The lowest BCUT2D eigenvalue weighted by Crippen LogP contribution is -2.24. The number of halogens is 4. The molecule has 0 fully saturated rings. The second-order valence-electron chi connectivity index (χ2n) is 3.54. The van der Waals surface area contributed by atoms with Gasteiger partial charge in [-0.05, 0) is 0 Å². The van der Waals surface area contributed by atoms with E-state index < -0.39 is 5.56 Å². The summed E-state index contributed by atoms with van der Waals surface area (Å²) in [5.41, 5.74) is 0.00853. The highest BCUT2D eigenvalue weighted by atomic mass is 35.5. The molecule has 0 unspecified atom stereocenters. The first-order valence-corrected chi connectivity index (χ1v) is 6.58. The van der Waals surface area contributed by atoms with E-state index in [-0.39, 0.29) is 16.6 Å². The Hall–Kier alpha value is -0.880. The summed E-state index contributed by atoms with van der Waals surface area (Å²) >= 11 is 23.2. The molecule has 19 heavy (non-hydrogen) atoms. The minimum Gasteiger partial charge on any atom is -0.266 e. The molecule has 0 saturated heterocycles. The van der Waals surface area contributed by atoms with Gasteiger partial charge in [0.15, 0.2) is 0 Å². The molecule has 2 rings (SSSR count). The third-order valence-electron chi connectivity index (χ3n) is 2.32. The topological polar surface area (TPSA) is 60.7 Å². The molecule has 100 valence electrons. The SMILES string of the molecule is O=c1c(Cl)c(Cl)cnn1CCc1nncc(Cl)c1Cl. The quantitative estimate of drug-likeness (QED) is 0.862. The van der Waals surface area contributed by atoms with E-state index in [1.54, 1.807) is 0 Å². The summed E-state index contributed by atoms with van der Waals surface area (Å²) in [4.78, 5) is 11.8. The fourth-order valence-corrected chi connectivity index (χ4v) is 1.97. The first kappa shape index (κ1) is 14.5. The van der Waals surface area contributed by atoms with Crippen LogP contribution < -0.4 is 5.56 Å². The Balaban J connectivity index is 2.22. The van der Waals surface area contributed by atoms with E-state index in [9.17, 15) is 4.79 Å². The zero-order valence-electron chi connectivity index (χ0n) is 9.28. The lowest BCUT2D eigenvalue weighted by molar-refractivity contribution is 0.570. The van der Waals surface area contributed by atoms with Gasteiger partial charge in [0.1, 0.15) is 5.02 Å². The number of aromatic nitrogens is 4. The first-order valence-electron chi connectivity index (χ1n) is 5.07. The largest absolute Gasteiger partial charge is 0.287 e. The van der Waals surface area contributed by atoms with Gasteiger partial charge in [0.25, 0.3) is 5.56 Å². The molecule has 0 aliphatic carbocycles. The molecule has 5 nitrogen and oxygen atoms in total. The van der Waals surface area contributed by atoms with E-state index in [2.05, 4.69) is 15.3 Å². The van der Waals surface area contributed by atoms with Gasteiger partial charge in [0.05, 0.1) is 39.7 Å². The fraction of sp³-hybridized carbons (Fsp3) is 0.200. The van der Waals surface area contributed by atoms with Crippen molar-refractivity contribution >= 4 is 46.4 Å². The van der Waals surface area contributed by atoms with Crippen molar-refractivity contribution in [3.63, 3.8) is 0 Å². The molecule has 0 saturated carbocycles. The Labute approximate surface area is 128 Å². The Morgan fingerprint density at radius 1 is 1.05 bits per heavy atom. The Kier molecular flexibility index (Phi) is 4.62. The molecule has 0 aromatic carbocycles. The summed E-state index contributed by atoms with van der Waals surface area (Å²) in [5.74, 6) is 0. The highest BCUT2D eigenvalue weighted by molar-refractivity contribution is 6.42. The van der Waals surface area contributed by atoms with E-state index in [0.717, 1.165) is 0 Å². The van der Waals surface area contributed by atoms with Crippen LogP contribution in [0.15, 0.2) is 17.2 Å². The van der Waals surface area contributed by atoms with Crippen LogP contribution >= 0.6 is 46.4 Å². The molecular formula is C10H6Cl4N4O. The van der Waals surface area contributed by atoms with Gasteiger partial charge in [0.2, 0.25) is 0 Å². The average molecular weight is 340 g/mol. The minimum absolute atomic E-state index is 0.0695. The van der Waals surface area contributed by atoms with Crippen molar-refractivity contribution in [2.75, 3.05) is 0 Å². The second kappa shape index (κ2) is 6.05. The lowest BCUT2D eigenvalue weighted by Gasteiger charge is -2.06. The fourth-order valence-electron chi connectivity index (χ4n) is 1.36.